The van der Waals surface area contributed by atoms with E-state index in [1.807, 2.05) is 30.3 Å². The van der Waals surface area contributed by atoms with Crippen molar-refractivity contribution in [2.24, 2.45) is 4.99 Å². The van der Waals surface area contributed by atoms with Crippen LogP contribution in [-0.4, -0.2) is 69.3 Å². The van der Waals surface area contributed by atoms with E-state index in [0.717, 1.165) is 5.56 Å². The fourth-order valence-electron chi connectivity index (χ4n) is 1.48. The molecule has 106 valence electrons. The summed E-state index contributed by atoms with van der Waals surface area (Å²) in [6.45, 7) is -0.816. The molecule has 0 aliphatic rings. The summed E-state index contributed by atoms with van der Waals surface area (Å²) in [5.41, 5.74) is 0.847. The average molecular weight is 269 g/mol. The molecule has 0 spiro atoms. The molecule has 1 aromatic rings. The molecule has 5 N–H and O–H groups in total. The number of hydrogen-bond acceptors (Lipinski definition) is 6. The molecule has 0 radical (unpaired) electrons. The van der Waals surface area contributed by atoms with Crippen molar-refractivity contribution in [3.63, 3.8) is 0 Å². The number of nitrogens with zero attached hydrogens (tertiary/aromatic N) is 1. The van der Waals surface area contributed by atoms with Crippen LogP contribution in [0.3, 0.4) is 0 Å². The number of aliphatic hydroxyl groups is 5. The lowest BCUT2D eigenvalue weighted by Gasteiger charge is -2.24. The van der Waals surface area contributed by atoms with Gasteiger partial charge in [-0.05, 0) is 5.56 Å². The molecule has 1 rings (SSSR count). The van der Waals surface area contributed by atoms with Crippen LogP contribution in [0.25, 0.3) is 0 Å². The molecule has 0 saturated heterocycles. The van der Waals surface area contributed by atoms with Gasteiger partial charge in [-0.25, -0.2) is 0 Å². The van der Waals surface area contributed by atoms with E-state index < -0.39 is 31.0 Å². The third-order valence-corrected chi connectivity index (χ3v) is 2.66. The lowest BCUT2D eigenvalue weighted by atomic mass is 10.0. The Morgan fingerprint density at radius 1 is 0.947 bits per heavy atom. The van der Waals surface area contributed by atoms with Crippen LogP contribution < -0.4 is 0 Å². The summed E-state index contributed by atoms with van der Waals surface area (Å²) in [6, 6.07) is 9.21. The largest absolute Gasteiger partial charge is 0.394 e. The van der Waals surface area contributed by atoms with Gasteiger partial charge in [0.05, 0.1) is 13.2 Å². The normalized spacial score (nSPS) is 18.2. The Bertz CT molecular complexity index is 384. The highest BCUT2D eigenvalue weighted by Gasteiger charge is 2.29. The molecule has 0 heterocycles. The predicted molar refractivity (Wildman–Crippen MR) is 70.0 cm³/mol. The van der Waals surface area contributed by atoms with Crippen molar-refractivity contribution in [3.8, 4) is 0 Å². The molecule has 6 heteroatoms. The minimum atomic E-state index is -1.62. The van der Waals surface area contributed by atoms with Crippen LogP contribution in [0.5, 0.6) is 0 Å². The smallest absolute Gasteiger partial charge is 0.111 e. The number of rotatable bonds is 7. The van der Waals surface area contributed by atoms with E-state index in [4.69, 9.17) is 10.2 Å². The molecular weight excluding hydrogens is 250 g/mol. The fraction of sp³-hybridized carbons (Fsp3) is 0.462. The molecule has 0 saturated carbocycles. The van der Waals surface area contributed by atoms with E-state index in [0.29, 0.717) is 0 Å². The zero-order valence-electron chi connectivity index (χ0n) is 10.4. The fourth-order valence-corrected chi connectivity index (χ4v) is 1.48. The lowest BCUT2D eigenvalue weighted by molar-refractivity contribution is -0.112. The Balaban J connectivity index is 2.46. The van der Waals surface area contributed by atoms with Gasteiger partial charge in [0.1, 0.15) is 24.4 Å². The van der Waals surface area contributed by atoms with Gasteiger partial charge in [0, 0.05) is 6.21 Å². The first-order valence-corrected chi connectivity index (χ1v) is 5.94. The first kappa shape index (κ1) is 15.7. The van der Waals surface area contributed by atoms with Gasteiger partial charge in [0.2, 0.25) is 0 Å². The molecule has 0 fully saturated rings. The van der Waals surface area contributed by atoms with Crippen LogP contribution in [0.4, 0.5) is 0 Å². The van der Waals surface area contributed by atoms with Crippen molar-refractivity contribution < 1.29 is 25.5 Å². The summed E-state index contributed by atoms with van der Waals surface area (Å²) < 4.78 is 0. The van der Waals surface area contributed by atoms with E-state index in [9.17, 15) is 15.3 Å². The van der Waals surface area contributed by atoms with Crippen molar-refractivity contribution in [2.75, 3.05) is 13.2 Å². The summed E-state index contributed by atoms with van der Waals surface area (Å²) in [5.74, 6) is 0. The van der Waals surface area contributed by atoms with Crippen molar-refractivity contribution in [3.05, 3.63) is 35.9 Å². The highest BCUT2D eigenvalue weighted by molar-refractivity contribution is 5.79. The van der Waals surface area contributed by atoms with Crippen LogP contribution in [0, 0.1) is 0 Å². The highest BCUT2D eigenvalue weighted by Crippen LogP contribution is 2.05. The van der Waals surface area contributed by atoms with Crippen LogP contribution in [0.2, 0.25) is 0 Å². The second-order valence-electron chi connectivity index (χ2n) is 4.20. The topological polar surface area (TPSA) is 114 Å². The molecule has 0 aliphatic heterocycles. The summed E-state index contributed by atoms with van der Waals surface area (Å²) in [7, 11) is 0. The predicted octanol–water partition coefficient (Wildman–Crippen LogP) is -1.46. The molecule has 4 atom stereocenters. The average Bonchev–Trinajstić information content (AvgIpc) is 2.45. The minimum Gasteiger partial charge on any atom is -0.394 e. The third-order valence-electron chi connectivity index (χ3n) is 2.66. The highest BCUT2D eigenvalue weighted by atomic mass is 16.4. The number of aliphatic imine (C=N–C) groups is 1. The van der Waals surface area contributed by atoms with Crippen molar-refractivity contribution in [1.82, 2.24) is 0 Å². The molecular formula is C13H19NO5. The van der Waals surface area contributed by atoms with E-state index in [1.165, 1.54) is 6.21 Å². The molecule has 0 aliphatic carbocycles. The van der Waals surface area contributed by atoms with Gasteiger partial charge in [0.15, 0.2) is 0 Å². The molecule has 1 aromatic carbocycles. The maximum Gasteiger partial charge on any atom is 0.111 e. The number of benzene rings is 1. The lowest BCUT2D eigenvalue weighted by Crippen LogP contribution is -2.46. The maximum atomic E-state index is 9.59. The van der Waals surface area contributed by atoms with E-state index in [-0.39, 0.29) is 6.54 Å². The Labute approximate surface area is 111 Å². The van der Waals surface area contributed by atoms with Gasteiger partial charge in [0.25, 0.3) is 0 Å². The van der Waals surface area contributed by atoms with Gasteiger partial charge in [-0.2, -0.15) is 0 Å². The van der Waals surface area contributed by atoms with Crippen molar-refractivity contribution >= 4 is 6.21 Å². The Morgan fingerprint density at radius 3 is 2.11 bits per heavy atom. The van der Waals surface area contributed by atoms with Crippen LogP contribution in [-0.2, 0) is 0 Å². The maximum absolute atomic E-state index is 9.59. The van der Waals surface area contributed by atoms with E-state index in [2.05, 4.69) is 4.99 Å². The van der Waals surface area contributed by atoms with Gasteiger partial charge in [-0.15, -0.1) is 0 Å². The molecule has 19 heavy (non-hydrogen) atoms. The Hall–Kier alpha value is -1.31. The number of aliphatic hydroxyl groups excluding tert-OH is 5. The van der Waals surface area contributed by atoms with E-state index in [1.54, 1.807) is 0 Å². The molecule has 0 bridgehead atoms. The van der Waals surface area contributed by atoms with Crippen LogP contribution >= 0.6 is 0 Å². The van der Waals surface area contributed by atoms with E-state index >= 15 is 0 Å². The quantitative estimate of drug-likeness (QED) is 0.388. The monoisotopic (exact) mass is 269 g/mol. The second kappa shape index (κ2) is 7.98. The van der Waals surface area contributed by atoms with Gasteiger partial charge in [-0.3, -0.25) is 4.99 Å². The summed E-state index contributed by atoms with van der Waals surface area (Å²) >= 11 is 0. The SMILES string of the molecule is OC[C@@H](O)[C@@H](O)[C@H](O)[C@@H](O)CN=Cc1ccccc1. The molecule has 6 nitrogen and oxygen atoms in total. The third kappa shape index (κ3) is 5.06. The summed E-state index contributed by atoms with van der Waals surface area (Å²) in [4.78, 5) is 3.94. The van der Waals surface area contributed by atoms with Crippen molar-refractivity contribution in [2.45, 2.75) is 24.4 Å². The first-order valence-electron chi connectivity index (χ1n) is 5.94. The van der Waals surface area contributed by atoms with Gasteiger partial charge < -0.3 is 25.5 Å². The molecule has 0 unspecified atom stereocenters. The first-order chi connectivity index (χ1) is 9.06. The van der Waals surface area contributed by atoms with Gasteiger partial charge in [-0.1, -0.05) is 30.3 Å². The number of hydrogen-bond donors (Lipinski definition) is 5. The zero-order chi connectivity index (χ0) is 14.3. The minimum absolute atomic E-state index is 0.120. The van der Waals surface area contributed by atoms with Crippen LogP contribution in [0.1, 0.15) is 5.56 Å². The van der Waals surface area contributed by atoms with Crippen LogP contribution in [0.15, 0.2) is 35.3 Å². The zero-order valence-corrected chi connectivity index (χ0v) is 10.4. The standard InChI is InChI=1S/C13H19NO5/c15-8-11(17)13(19)12(18)10(16)7-14-6-9-4-2-1-3-5-9/h1-6,10-13,15-19H,7-8H2/t10-,11+,12+,13+/m0/s1. The molecule has 0 aromatic heterocycles. The summed E-state index contributed by atoms with van der Waals surface area (Å²) in [6.07, 6.45) is -4.48. The molecule has 0 amide bonds. The van der Waals surface area contributed by atoms with Crippen molar-refractivity contribution in [1.29, 1.82) is 0 Å². The second-order valence-corrected chi connectivity index (χ2v) is 4.20. The Kier molecular flexibility index (Phi) is 6.61. The summed E-state index contributed by atoms with van der Waals surface area (Å²) in [5, 5.41) is 46.3. The van der Waals surface area contributed by atoms with Gasteiger partial charge >= 0.3 is 0 Å². The Morgan fingerprint density at radius 2 is 1.53 bits per heavy atom.